The third-order valence-electron chi connectivity index (χ3n) is 8.61. The van der Waals surface area contributed by atoms with Gasteiger partial charge in [-0.25, -0.2) is 8.42 Å². The minimum atomic E-state index is -3.25. The van der Waals surface area contributed by atoms with Gasteiger partial charge in [0.1, 0.15) is 0 Å². The Hall–Kier alpha value is -2.71. The first-order valence-corrected chi connectivity index (χ1v) is 16.3. The molecule has 2 aromatic carbocycles. The summed E-state index contributed by atoms with van der Waals surface area (Å²) in [6, 6.07) is 17.6. The first kappa shape index (κ1) is 27.8. The molecule has 1 heterocycles. The van der Waals surface area contributed by atoms with E-state index in [9.17, 15) is 18.0 Å². The van der Waals surface area contributed by atoms with Crippen molar-refractivity contribution in [2.45, 2.75) is 80.8 Å². The van der Waals surface area contributed by atoms with Crippen molar-refractivity contribution < 1.29 is 18.0 Å². The largest absolute Gasteiger partial charge is 0.349 e. The van der Waals surface area contributed by atoms with Crippen LogP contribution in [0.15, 0.2) is 59.5 Å². The van der Waals surface area contributed by atoms with Crippen LogP contribution in [-0.4, -0.2) is 68.0 Å². The SMILES string of the molecule is CS(=O)(=O)c1ccc(CC(=O)N(C2CC2)C2CCN(CCC(NC(=O)C3CCC3)c3ccccc3)CC2)cc1. The van der Waals surface area contributed by atoms with Crippen LogP contribution in [0.3, 0.4) is 0 Å². The van der Waals surface area contributed by atoms with Crippen LogP contribution >= 0.6 is 0 Å². The van der Waals surface area contributed by atoms with Gasteiger partial charge >= 0.3 is 0 Å². The normalized spacial score (nSPS) is 19.7. The highest BCUT2D eigenvalue weighted by Gasteiger charge is 2.38. The summed E-state index contributed by atoms with van der Waals surface area (Å²) < 4.78 is 23.5. The molecule has 5 rings (SSSR count). The van der Waals surface area contributed by atoms with Crippen LogP contribution in [0.25, 0.3) is 0 Å². The number of carbonyl (C=O) groups excluding carboxylic acids is 2. The predicted octanol–water partition coefficient (Wildman–Crippen LogP) is 4.14. The molecule has 1 unspecified atom stereocenters. The Morgan fingerprint density at radius 1 is 0.923 bits per heavy atom. The first-order valence-electron chi connectivity index (χ1n) is 14.5. The maximum Gasteiger partial charge on any atom is 0.227 e. The van der Waals surface area contributed by atoms with Gasteiger partial charge < -0.3 is 15.1 Å². The van der Waals surface area contributed by atoms with E-state index in [1.807, 2.05) is 18.2 Å². The number of piperidine rings is 1. The summed E-state index contributed by atoms with van der Waals surface area (Å²) in [6.07, 6.45) is 9.59. The van der Waals surface area contributed by atoms with E-state index in [0.717, 1.165) is 82.1 Å². The number of hydrogen-bond donors (Lipinski definition) is 1. The molecular formula is C31H41N3O4S. The Morgan fingerprint density at radius 2 is 1.56 bits per heavy atom. The lowest BCUT2D eigenvalue weighted by Crippen LogP contribution is -2.49. The van der Waals surface area contributed by atoms with Crippen molar-refractivity contribution in [3.63, 3.8) is 0 Å². The Kier molecular flexibility index (Phi) is 8.72. The molecule has 2 saturated carbocycles. The second-order valence-corrected chi connectivity index (χ2v) is 13.6. The van der Waals surface area contributed by atoms with E-state index in [-0.39, 0.29) is 34.7 Å². The summed E-state index contributed by atoms with van der Waals surface area (Å²) in [6.45, 7) is 2.81. The maximum atomic E-state index is 13.4. The van der Waals surface area contributed by atoms with Gasteiger partial charge in [-0.2, -0.15) is 0 Å². The van der Waals surface area contributed by atoms with Crippen LogP contribution in [-0.2, 0) is 25.8 Å². The number of benzene rings is 2. The van der Waals surface area contributed by atoms with Crippen LogP contribution in [0, 0.1) is 5.92 Å². The summed E-state index contributed by atoms with van der Waals surface area (Å²) in [5.74, 6) is 0.514. The summed E-state index contributed by atoms with van der Waals surface area (Å²) >= 11 is 0. The van der Waals surface area contributed by atoms with E-state index in [1.54, 1.807) is 24.3 Å². The maximum absolute atomic E-state index is 13.4. The fraction of sp³-hybridized carbons (Fsp3) is 0.548. The minimum absolute atomic E-state index is 0.0237. The monoisotopic (exact) mass is 551 g/mol. The van der Waals surface area contributed by atoms with Gasteiger partial charge in [0.15, 0.2) is 9.84 Å². The number of carbonyl (C=O) groups is 2. The zero-order valence-electron chi connectivity index (χ0n) is 22.9. The van der Waals surface area contributed by atoms with Crippen molar-refractivity contribution in [2.75, 3.05) is 25.9 Å². The van der Waals surface area contributed by atoms with Crippen LogP contribution in [0.5, 0.6) is 0 Å². The molecule has 2 aromatic rings. The number of hydrogen-bond acceptors (Lipinski definition) is 5. The van der Waals surface area contributed by atoms with Gasteiger partial charge in [0.05, 0.1) is 17.4 Å². The third kappa shape index (κ3) is 7.28. The second kappa shape index (κ2) is 12.2. The molecule has 39 heavy (non-hydrogen) atoms. The summed E-state index contributed by atoms with van der Waals surface area (Å²) in [5, 5.41) is 3.32. The molecule has 3 aliphatic rings. The molecule has 2 aliphatic carbocycles. The van der Waals surface area contributed by atoms with Crippen LogP contribution in [0.4, 0.5) is 0 Å². The van der Waals surface area contributed by atoms with E-state index < -0.39 is 9.84 Å². The zero-order valence-corrected chi connectivity index (χ0v) is 23.7. The van der Waals surface area contributed by atoms with Gasteiger partial charge in [0.2, 0.25) is 11.8 Å². The van der Waals surface area contributed by atoms with Gasteiger partial charge in [-0.3, -0.25) is 9.59 Å². The highest BCUT2D eigenvalue weighted by Crippen LogP contribution is 2.33. The lowest BCUT2D eigenvalue weighted by molar-refractivity contribution is -0.134. The van der Waals surface area contributed by atoms with E-state index in [1.165, 1.54) is 6.26 Å². The van der Waals surface area contributed by atoms with Crippen LogP contribution in [0.1, 0.15) is 68.5 Å². The van der Waals surface area contributed by atoms with E-state index in [2.05, 4.69) is 27.2 Å². The smallest absolute Gasteiger partial charge is 0.227 e. The summed E-state index contributed by atoms with van der Waals surface area (Å²) in [4.78, 5) is 31.0. The standard InChI is InChI=1S/C31H41N3O4S/c1-39(37,38)28-14-10-23(11-15-28)22-30(35)34(26-12-13-26)27-16-19-33(20-17-27)21-18-29(24-6-3-2-4-7-24)32-31(36)25-8-5-9-25/h2-4,6-7,10-11,14-15,25-27,29H,5,8-9,12-13,16-22H2,1H3,(H,32,36). The van der Waals surface area contributed by atoms with Crippen molar-refractivity contribution in [3.05, 3.63) is 65.7 Å². The average Bonchev–Trinajstić information content (AvgIpc) is 3.72. The van der Waals surface area contributed by atoms with Gasteiger partial charge in [-0.15, -0.1) is 0 Å². The van der Waals surface area contributed by atoms with Gasteiger partial charge in [0.25, 0.3) is 0 Å². The Balaban J connectivity index is 1.14. The van der Waals surface area contributed by atoms with Crippen molar-refractivity contribution in [1.29, 1.82) is 0 Å². The third-order valence-corrected chi connectivity index (χ3v) is 9.74. The van der Waals surface area contributed by atoms with Gasteiger partial charge in [-0.1, -0.05) is 48.9 Å². The molecule has 7 nitrogen and oxygen atoms in total. The lowest BCUT2D eigenvalue weighted by atomic mass is 9.84. The molecule has 1 aliphatic heterocycles. The van der Waals surface area contributed by atoms with E-state index in [4.69, 9.17) is 0 Å². The Morgan fingerprint density at radius 3 is 2.13 bits per heavy atom. The first-order chi connectivity index (χ1) is 18.8. The fourth-order valence-electron chi connectivity index (χ4n) is 5.88. The minimum Gasteiger partial charge on any atom is -0.349 e. The van der Waals surface area contributed by atoms with E-state index in [0.29, 0.717) is 12.5 Å². The quantitative estimate of drug-likeness (QED) is 0.454. The van der Waals surface area contributed by atoms with Crippen molar-refractivity contribution in [3.8, 4) is 0 Å². The number of nitrogens with zero attached hydrogens (tertiary/aromatic N) is 2. The van der Waals surface area contributed by atoms with E-state index >= 15 is 0 Å². The Bertz CT molecular complexity index is 1230. The molecule has 8 heteroatoms. The summed E-state index contributed by atoms with van der Waals surface area (Å²) in [5.41, 5.74) is 2.02. The second-order valence-electron chi connectivity index (χ2n) is 11.6. The van der Waals surface area contributed by atoms with Crippen molar-refractivity contribution in [2.24, 2.45) is 5.92 Å². The highest BCUT2D eigenvalue weighted by molar-refractivity contribution is 7.90. The fourth-order valence-corrected chi connectivity index (χ4v) is 6.51. The average molecular weight is 552 g/mol. The Labute approximate surface area is 232 Å². The number of amides is 2. The van der Waals surface area contributed by atoms with Crippen molar-refractivity contribution >= 4 is 21.7 Å². The molecule has 210 valence electrons. The molecule has 1 saturated heterocycles. The molecular weight excluding hydrogens is 510 g/mol. The van der Waals surface area contributed by atoms with Crippen LogP contribution in [0.2, 0.25) is 0 Å². The molecule has 0 bridgehead atoms. The molecule has 3 fully saturated rings. The van der Waals surface area contributed by atoms with Crippen molar-refractivity contribution in [1.82, 2.24) is 15.1 Å². The molecule has 1 atom stereocenters. The molecule has 2 amide bonds. The lowest BCUT2D eigenvalue weighted by Gasteiger charge is -2.39. The predicted molar refractivity (Wildman–Crippen MR) is 152 cm³/mol. The molecule has 0 radical (unpaired) electrons. The van der Waals surface area contributed by atoms with Gasteiger partial charge in [0, 0.05) is 43.9 Å². The highest BCUT2D eigenvalue weighted by atomic mass is 32.2. The summed E-state index contributed by atoms with van der Waals surface area (Å²) in [7, 11) is -3.25. The molecule has 0 aromatic heterocycles. The molecule has 0 spiro atoms. The van der Waals surface area contributed by atoms with Gasteiger partial charge in [-0.05, 0) is 68.2 Å². The number of nitrogens with one attached hydrogen (secondary N) is 1. The number of rotatable bonds is 11. The topological polar surface area (TPSA) is 86.8 Å². The zero-order chi connectivity index (χ0) is 27.4. The number of sulfone groups is 1. The number of likely N-dealkylation sites (tertiary alicyclic amines) is 1. The van der Waals surface area contributed by atoms with Crippen LogP contribution < -0.4 is 5.32 Å². The molecule has 1 N–H and O–H groups in total.